The molecule has 0 saturated heterocycles. The summed E-state index contributed by atoms with van der Waals surface area (Å²) in [5.74, 6) is 0.775. The number of rotatable bonds is 11. The number of carbonyl (C=O) groups excluding carboxylic acids is 1. The van der Waals surface area contributed by atoms with Gasteiger partial charge in [-0.15, -0.1) is 0 Å². The monoisotopic (exact) mass is 413 g/mol. The Morgan fingerprint density at radius 3 is 2.50 bits per heavy atom. The summed E-state index contributed by atoms with van der Waals surface area (Å²) < 4.78 is 17.1. The van der Waals surface area contributed by atoms with E-state index < -0.39 is 25.5 Å². The van der Waals surface area contributed by atoms with Crippen molar-refractivity contribution >= 4 is 30.7 Å². The third-order valence-corrected chi connectivity index (χ3v) is 7.56. The van der Waals surface area contributed by atoms with Gasteiger partial charge in [-0.2, -0.15) is 5.26 Å². The van der Waals surface area contributed by atoms with E-state index in [-0.39, 0.29) is 0 Å². The topological polar surface area (TPSA) is 68.5 Å². The summed E-state index contributed by atoms with van der Waals surface area (Å²) in [7, 11) is -1.54. The largest absolute Gasteiger partial charge is 0.494 e. The minimum atomic E-state index is -1.00. The summed E-state index contributed by atoms with van der Waals surface area (Å²) in [6, 6.07) is 14.0. The second kappa shape index (κ2) is 12.1. The van der Waals surface area contributed by atoms with E-state index in [0.717, 1.165) is 23.8 Å². The molecule has 2 rings (SSSR count). The Hall–Kier alpha value is -2.41. The number of benzene rings is 2. The van der Waals surface area contributed by atoms with E-state index in [2.05, 4.69) is 13.5 Å². The quantitative estimate of drug-likeness (QED) is 0.245. The predicted molar refractivity (Wildman–Crippen MR) is 116 cm³/mol. The van der Waals surface area contributed by atoms with Crippen molar-refractivity contribution in [3.8, 4) is 17.6 Å². The number of unbranched alkanes of at least 4 members (excludes halogenated alkanes) is 3. The molecule has 7 heteroatoms. The van der Waals surface area contributed by atoms with E-state index in [0.29, 0.717) is 23.5 Å². The van der Waals surface area contributed by atoms with Gasteiger partial charge in [-0.1, -0.05) is 32.7 Å². The zero-order valence-electron chi connectivity index (χ0n) is 16.6. The number of nitriles is 1. The fraction of sp³-hybridized carbons (Fsp3) is 0.333. The first-order valence-corrected chi connectivity index (χ1v) is 13.0. The van der Waals surface area contributed by atoms with Crippen molar-refractivity contribution in [2.24, 2.45) is 0 Å². The molecule has 0 amide bonds. The Morgan fingerprint density at radius 1 is 1.07 bits per heavy atom. The molecule has 0 heterocycles. The predicted octanol–water partition coefficient (Wildman–Crippen LogP) is 2.59. The van der Waals surface area contributed by atoms with Gasteiger partial charge in [0.05, 0.1) is 23.8 Å². The van der Waals surface area contributed by atoms with E-state index >= 15 is 0 Å². The fourth-order valence-electron chi connectivity index (χ4n) is 2.67. The Bertz CT molecular complexity index is 803. The van der Waals surface area contributed by atoms with E-state index in [4.69, 9.17) is 18.9 Å². The van der Waals surface area contributed by atoms with Crippen LogP contribution in [0.3, 0.4) is 0 Å². The highest BCUT2D eigenvalue weighted by Gasteiger charge is 2.15. The number of esters is 1. The zero-order chi connectivity index (χ0) is 20.2. The number of ether oxygens (including phenoxy) is 2. The molecule has 2 aromatic rings. The maximum atomic E-state index is 12.6. The van der Waals surface area contributed by atoms with Gasteiger partial charge in [0.1, 0.15) is 21.3 Å². The molecule has 0 spiro atoms. The normalized spacial score (nSPS) is 11.2. The van der Waals surface area contributed by atoms with E-state index in [1.54, 1.807) is 30.3 Å². The highest BCUT2D eigenvalue weighted by molar-refractivity contribution is 6.55. The van der Waals surface area contributed by atoms with Crippen LogP contribution in [0, 0.1) is 11.3 Å². The minimum Gasteiger partial charge on any atom is -0.494 e. The second-order valence-corrected chi connectivity index (χ2v) is 9.65. The molecular formula is C21H27NO4Si2. The average molecular weight is 414 g/mol. The smallest absolute Gasteiger partial charge is 0.343 e. The van der Waals surface area contributed by atoms with Crippen molar-refractivity contribution in [1.29, 1.82) is 5.26 Å². The van der Waals surface area contributed by atoms with Crippen molar-refractivity contribution < 1.29 is 18.4 Å². The van der Waals surface area contributed by atoms with Crippen LogP contribution in [0.4, 0.5) is 0 Å². The van der Waals surface area contributed by atoms with E-state index in [9.17, 15) is 4.79 Å². The van der Waals surface area contributed by atoms with Gasteiger partial charge in [0, 0.05) is 0 Å². The standard InChI is InChI=1S/C21H27NO4Si2/c1-3-4-5-6-13-24-18-11-12-19(20(14-18)28-26-27-2)21(23)25-17-9-7-16(15-22)8-10-17/h7-12,14H,3-6,13,27-28H2,1-2H3. The van der Waals surface area contributed by atoms with Crippen LogP contribution in [0.15, 0.2) is 42.5 Å². The molecule has 0 unspecified atom stereocenters. The Morgan fingerprint density at radius 2 is 1.82 bits per heavy atom. The van der Waals surface area contributed by atoms with Crippen LogP contribution in [-0.2, 0) is 4.12 Å². The fourth-order valence-corrected chi connectivity index (χ4v) is 5.07. The molecule has 0 bridgehead atoms. The number of carbonyl (C=O) groups is 1. The molecule has 0 aliphatic heterocycles. The van der Waals surface area contributed by atoms with Crippen molar-refractivity contribution in [2.75, 3.05) is 6.61 Å². The first kappa shape index (κ1) is 21.9. The van der Waals surface area contributed by atoms with Gasteiger partial charge in [-0.3, -0.25) is 0 Å². The molecule has 148 valence electrons. The lowest BCUT2D eigenvalue weighted by Crippen LogP contribution is -2.27. The lowest BCUT2D eigenvalue weighted by Gasteiger charge is -2.12. The van der Waals surface area contributed by atoms with Crippen LogP contribution >= 0.6 is 0 Å². The van der Waals surface area contributed by atoms with Crippen LogP contribution in [0.2, 0.25) is 6.55 Å². The average Bonchev–Trinajstić information content (AvgIpc) is 2.72. The summed E-state index contributed by atoms with van der Waals surface area (Å²) in [5.41, 5.74) is 1.05. The lowest BCUT2D eigenvalue weighted by molar-refractivity contribution is 0.0736. The Balaban J connectivity index is 2.07. The molecule has 2 aromatic carbocycles. The van der Waals surface area contributed by atoms with Gasteiger partial charge in [0.2, 0.25) is 0 Å². The van der Waals surface area contributed by atoms with Crippen LogP contribution in [0.25, 0.3) is 0 Å². The molecule has 5 nitrogen and oxygen atoms in total. The van der Waals surface area contributed by atoms with Crippen molar-refractivity contribution in [1.82, 2.24) is 0 Å². The van der Waals surface area contributed by atoms with Gasteiger partial charge in [-0.25, -0.2) is 4.79 Å². The third kappa shape index (κ3) is 6.96. The first-order chi connectivity index (χ1) is 13.7. The molecule has 0 fully saturated rings. The molecule has 0 saturated carbocycles. The molecule has 0 aliphatic rings. The number of nitrogens with zero attached hydrogens (tertiary/aromatic N) is 1. The number of hydrogen-bond donors (Lipinski definition) is 0. The highest BCUT2D eigenvalue weighted by atomic mass is 28.3. The van der Waals surface area contributed by atoms with Crippen LogP contribution in [0.1, 0.15) is 48.5 Å². The van der Waals surface area contributed by atoms with E-state index in [1.807, 2.05) is 18.2 Å². The Labute approximate surface area is 171 Å². The van der Waals surface area contributed by atoms with Crippen molar-refractivity contribution in [3.05, 3.63) is 53.6 Å². The molecule has 0 aliphatic carbocycles. The van der Waals surface area contributed by atoms with Gasteiger partial charge in [0.25, 0.3) is 0 Å². The summed E-state index contributed by atoms with van der Waals surface area (Å²) in [5, 5.41) is 9.76. The van der Waals surface area contributed by atoms with Gasteiger partial charge >= 0.3 is 5.97 Å². The molecule has 0 atom stereocenters. The summed E-state index contributed by atoms with van der Waals surface area (Å²) >= 11 is 0. The molecule has 0 N–H and O–H groups in total. The molecular weight excluding hydrogens is 386 g/mol. The number of hydrogen-bond acceptors (Lipinski definition) is 5. The zero-order valence-corrected chi connectivity index (χ0v) is 19.4. The second-order valence-electron chi connectivity index (χ2n) is 6.39. The maximum absolute atomic E-state index is 12.6. The van der Waals surface area contributed by atoms with Crippen molar-refractivity contribution in [2.45, 2.75) is 39.2 Å². The Kier molecular flexibility index (Phi) is 9.48. The van der Waals surface area contributed by atoms with Crippen molar-refractivity contribution in [3.63, 3.8) is 0 Å². The summed E-state index contributed by atoms with van der Waals surface area (Å²) in [6.45, 7) is 4.94. The van der Waals surface area contributed by atoms with Crippen LogP contribution in [-0.4, -0.2) is 32.1 Å². The van der Waals surface area contributed by atoms with Gasteiger partial charge in [0.15, 0.2) is 9.76 Å². The minimum absolute atomic E-state index is 0.414. The summed E-state index contributed by atoms with van der Waals surface area (Å²) in [4.78, 5) is 12.6. The molecule has 0 radical (unpaired) electrons. The van der Waals surface area contributed by atoms with Gasteiger partial charge < -0.3 is 13.6 Å². The first-order valence-electron chi connectivity index (χ1n) is 9.73. The van der Waals surface area contributed by atoms with Crippen LogP contribution < -0.4 is 14.7 Å². The lowest BCUT2D eigenvalue weighted by atomic mass is 10.2. The molecule has 0 aromatic heterocycles. The summed E-state index contributed by atoms with van der Waals surface area (Å²) in [6.07, 6.45) is 4.61. The molecule has 28 heavy (non-hydrogen) atoms. The van der Waals surface area contributed by atoms with Crippen LogP contribution in [0.5, 0.6) is 11.5 Å². The third-order valence-electron chi connectivity index (χ3n) is 4.22. The highest BCUT2D eigenvalue weighted by Crippen LogP contribution is 2.16. The SMILES string of the molecule is CCCCCCOc1ccc(C(=O)Oc2ccc(C#N)cc2)c([SiH2]O[SiH2]C)c1. The van der Waals surface area contributed by atoms with E-state index in [1.165, 1.54) is 12.8 Å². The van der Waals surface area contributed by atoms with Gasteiger partial charge in [-0.05, 0) is 54.1 Å². The maximum Gasteiger partial charge on any atom is 0.343 e.